The molecule has 0 rings (SSSR count). The summed E-state index contributed by atoms with van der Waals surface area (Å²) >= 11 is 0. The highest BCUT2D eigenvalue weighted by atomic mass is 15.0. The van der Waals surface area contributed by atoms with Crippen molar-refractivity contribution in [2.24, 2.45) is 10.7 Å². The van der Waals surface area contributed by atoms with Gasteiger partial charge < -0.3 is 5.73 Å². The van der Waals surface area contributed by atoms with Gasteiger partial charge in [0.2, 0.25) is 5.96 Å². The fourth-order valence-corrected chi connectivity index (χ4v) is 0.226. The fraction of sp³-hybridized carbons (Fsp3) is 0.200. The van der Waals surface area contributed by atoms with Crippen molar-refractivity contribution in [1.82, 2.24) is 0 Å². The topological polar surface area (TPSA) is 62.2 Å². The third-order valence-corrected chi connectivity index (χ3v) is 0.502. The number of rotatable bonds is 2. The van der Waals surface area contributed by atoms with Gasteiger partial charge in [-0.1, -0.05) is 6.08 Å². The molecule has 0 aromatic heterocycles. The van der Waals surface area contributed by atoms with Gasteiger partial charge in [-0.2, -0.15) is 0 Å². The van der Waals surface area contributed by atoms with Gasteiger partial charge in [0.1, 0.15) is 0 Å². The molecule has 44 valence electrons. The fourth-order valence-electron chi connectivity index (χ4n) is 0.226. The molecule has 0 saturated carbocycles. The van der Waals surface area contributed by atoms with E-state index in [2.05, 4.69) is 11.6 Å². The van der Waals surface area contributed by atoms with Gasteiger partial charge in [0.05, 0.1) is 0 Å². The quantitative estimate of drug-likeness (QED) is 0.304. The van der Waals surface area contributed by atoms with E-state index in [1.165, 1.54) is 6.21 Å². The predicted octanol–water partition coefficient (Wildman–Crippen LogP) is 0.527. The molecule has 3 heteroatoms. The second kappa shape index (κ2) is 4.05. The lowest BCUT2D eigenvalue weighted by Crippen LogP contribution is -2.04. The Morgan fingerprint density at radius 3 is 2.88 bits per heavy atom. The average Bonchev–Trinajstić information content (AvgIpc) is 1.66. The van der Waals surface area contributed by atoms with Gasteiger partial charge in [-0.05, 0) is 0 Å². The summed E-state index contributed by atoms with van der Waals surface area (Å²) in [6.45, 7) is 3.45. The highest BCUT2D eigenvalue weighted by Crippen LogP contribution is 1.71. The summed E-state index contributed by atoms with van der Waals surface area (Å²) in [7, 11) is 0. The van der Waals surface area contributed by atoms with Gasteiger partial charge in [-0.25, -0.2) is 4.99 Å². The van der Waals surface area contributed by atoms with Crippen molar-refractivity contribution < 1.29 is 0 Å². The summed E-state index contributed by atoms with van der Waals surface area (Å²) in [5.41, 5.74) is 4.88. The van der Waals surface area contributed by atoms with Gasteiger partial charge in [0.25, 0.3) is 0 Å². The number of aliphatic imine (C=N–C) groups is 1. The van der Waals surface area contributed by atoms with Crippen LogP contribution in [0.5, 0.6) is 0 Å². The van der Waals surface area contributed by atoms with Crippen molar-refractivity contribution in [3.63, 3.8) is 0 Å². The van der Waals surface area contributed by atoms with E-state index in [1.54, 1.807) is 6.08 Å². The third-order valence-electron chi connectivity index (χ3n) is 0.502. The zero-order valence-electron chi connectivity index (χ0n) is 4.59. The molecular formula is C5H9N3. The highest BCUT2D eigenvalue weighted by molar-refractivity contribution is 5.84. The van der Waals surface area contributed by atoms with Gasteiger partial charge in [0, 0.05) is 12.6 Å². The lowest BCUT2D eigenvalue weighted by atomic mass is 10.5. The second-order valence-corrected chi connectivity index (χ2v) is 1.22. The van der Waals surface area contributed by atoms with Crippen molar-refractivity contribution in [3.8, 4) is 0 Å². The van der Waals surface area contributed by atoms with Gasteiger partial charge in [-0.15, -0.1) is 6.58 Å². The van der Waals surface area contributed by atoms with Crippen LogP contribution in [-0.2, 0) is 0 Å². The van der Waals surface area contributed by atoms with Crippen LogP contribution in [0.25, 0.3) is 0 Å². The number of allylic oxidation sites excluding steroid dienone is 1. The maximum atomic E-state index is 6.62. The second-order valence-electron chi connectivity index (χ2n) is 1.22. The molecule has 0 unspecified atom stereocenters. The van der Waals surface area contributed by atoms with Crippen molar-refractivity contribution in [2.45, 2.75) is 6.42 Å². The number of hydrogen-bond acceptors (Lipinski definition) is 1. The van der Waals surface area contributed by atoms with E-state index in [0.717, 1.165) is 0 Å². The lowest BCUT2D eigenvalue weighted by molar-refractivity contribution is 1.37. The predicted molar refractivity (Wildman–Crippen MR) is 35.2 cm³/mol. The monoisotopic (exact) mass is 111 g/mol. The van der Waals surface area contributed by atoms with E-state index in [4.69, 9.17) is 11.1 Å². The molecule has 0 bridgehead atoms. The molecule has 0 fully saturated rings. The van der Waals surface area contributed by atoms with Gasteiger partial charge in [-0.3, -0.25) is 5.41 Å². The molecule has 0 aliphatic carbocycles. The molecule has 8 heavy (non-hydrogen) atoms. The highest BCUT2D eigenvalue weighted by Gasteiger charge is 1.72. The number of hydrogen-bond donors (Lipinski definition) is 2. The first-order valence-corrected chi connectivity index (χ1v) is 2.25. The summed E-state index contributed by atoms with van der Waals surface area (Å²) in [5.74, 6) is -0.160. The summed E-state index contributed by atoms with van der Waals surface area (Å²) in [5, 5.41) is 6.62. The minimum atomic E-state index is -0.160. The van der Waals surface area contributed by atoms with Gasteiger partial charge >= 0.3 is 0 Å². The molecule has 0 spiro atoms. The van der Waals surface area contributed by atoms with Crippen LogP contribution in [0.1, 0.15) is 6.42 Å². The number of nitrogens with two attached hydrogens (primary N) is 1. The summed E-state index contributed by atoms with van der Waals surface area (Å²) < 4.78 is 0. The maximum absolute atomic E-state index is 6.62. The molecular weight excluding hydrogens is 102 g/mol. The van der Waals surface area contributed by atoms with Crippen LogP contribution in [0.15, 0.2) is 17.6 Å². The molecule has 0 aliphatic heterocycles. The zero-order chi connectivity index (χ0) is 6.41. The Morgan fingerprint density at radius 1 is 1.88 bits per heavy atom. The van der Waals surface area contributed by atoms with Crippen LogP contribution in [0.2, 0.25) is 0 Å². The van der Waals surface area contributed by atoms with E-state index in [-0.39, 0.29) is 5.96 Å². The molecule has 0 radical (unpaired) electrons. The van der Waals surface area contributed by atoms with E-state index in [1.807, 2.05) is 0 Å². The molecule has 0 aliphatic rings. The smallest absolute Gasteiger partial charge is 0.212 e. The summed E-state index contributed by atoms with van der Waals surface area (Å²) in [6.07, 6.45) is 3.89. The molecule has 0 saturated heterocycles. The number of nitrogens with one attached hydrogen (secondary N) is 1. The Morgan fingerprint density at radius 2 is 2.50 bits per heavy atom. The number of guanidine groups is 1. The Kier molecular flexibility index (Phi) is 3.48. The Balaban J connectivity index is 3.34. The van der Waals surface area contributed by atoms with Crippen LogP contribution >= 0.6 is 0 Å². The molecule has 3 N–H and O–H groups in total. The first-order chi connectivity index (χ1) is 3.77. The van der Waals surface area contributed by atoms with Crippen LogP contribution < -0.4 is 5.73 Å². The lowest BCUT2D eigenvalue weighted by Gasteiger charge is -1.80. The molecule has 0 aromatic carbocycles. The van der Waals surface area contributed by atoms with Gasteiger partial charge in [0.15, 0.2) is 0 Å². The number of nitrogens with zero attached hydrogens (tertiary/aromatic N) is 1. The first-order valence-electron chi connectivity index (χ1n) is 2.25. The normalized spacial score (nSPS) is 9.50. The van der Waals surface area contributed by atoms with Crippen LogP contribution in [-0.4, -0.2) is 12.2 Å². The first kappa shape index (κ1) is 6.88. The molecule has 0 heterocycles. The minimum Gasteiger partial charge on any atom is -0.368 e. The van der Waals surface area contributed by atoms with Crippen LogP contribution in [0.3, 0.4) is 0 Å². The van der Waals surface area contributed by atoms with E-state index in [9.17, 15) is 0 Å². The van der Waals surface area contributed by atoms with Crippen molar-refractivity contribution in [1.29, 1.82) is 5.41 Å². The van der Waals surface area contributed by atoms with Crippen molar-refractivity contribution >= 4 is 12.2 Å². The third kappa shape index (κ3) is 4.88. The van der Waals surface area contributed by atoms with E-state index >= 15 is 0 Å². The SMILES string of the molecule is C=CCC=NC(=N)N. The molecule has 0 aromatic rings. The van der Waals surface area contributed by atoms with Crippen LogP contribution in [0.4, 0.5) is 0 Å². The molecule has 0 atom stereocenters. The van der Waals surface area contributed by atoms with E-state index in [0.29, 0.717) is 6.42 Å². The van der Waals surface area contributed by atoms with Crippen molar-refractivity contribution in [2.75, 3.05) is 0 Å². The maximum Gasteiger partial charge on any atom is 0.212 e. The minimum absolute atomic E-state index is 0.160. The largest absolute Gasteiger partial charge is 0.368 e. The Labute approximate surface area is 48.4 Å². The van der Waals surface area contributed by atoms with E-state index < -0.39 is 0 Å². The Hall–Kier alpha value is -1.12. The average molecular weight is 111 g/mol. The van der Waals surface area contributed by atoms with Crippen molar-refractivity contribution in [3.05, 3.63) is 12.7 Å². The standard InChI is InChI=1S/C5H9N3/c1-2-3-4-8-5(6)7/h2,4H,1,3H2,(H3,6,7). The molecule has 3 nitrogen and oxygen atoms in total. The molecule has 0 amide bonds. The zero-order valence-corrected chi connectivity index (χ0v) is 4.59. The summed E-state index contributed by atoms with van der Waals surface area (Å²) in [6, 6.07) is 0. The Bertz CT molecular complexity index is 115. The van der Waals surface area contributed by atoms with Crippen LogP contribution in [0, 0.1) is 5.41 Å². The summed E-state index contributed by atoms with van der Waals surface area (Å²) in [4.78, 5) is 3.48.